The molecule has 0 bridgehead atoms. The molecule has 3 rings (SSSR count). The van der Waals surface area contributed by atoms with Crippen molar-refractivity contribution in [3.05, 3.63) is 39.9 Å². The van der Waals surface area contributed by atoms with Gasteiger partial charge in [0, 0.05) is 19.1 Å². The fraction of sp³-hybridized carbons (Fsp3) is 0.429. The molecule has 0 amide bonds. The van der Waals surface area contributed by atoms with Gasteiger partial charge in [-0.15, -0.1) is 0 Å². The molecular weight excluding hydrogens is 240 g/mol. The number of aromatic amines is 1. The summed E-state index contributed by atoms with van der Waals surface area (Å²) in [5, 5.41) is 3.91. The van der Waals surface area contributed by atoms with E-state index in [1.807, 2.05) is 25.1 Å². The molecule has 0 atom stereocenters. The lowest BCUT2D eigenvalue weighted by Gasteiger charge is -2.35. The van der Waals surface area contributed by atoms with Gasteiger partial charge in [-0.3, -0.25) is 9.69 Å². The Labute approximate surface area is 111 Å². The largest absolute Gasteiger partial charge is 0.314 e. The van der Waals surface area contributed by atoms with Crippen LogP contribution in [-0.4, -0.2) is 41.0 Å². The van der Waals surface area contributed by atoms with Gasteiger partial charge in [-0.2, -0.15) is 0 Å². The summed E-state index contributed by atoms with van der Waals surface area (Å²) in [6.07, 6.45) is 0. The maximum Gasteiger partial charge on any atom is 0.258 e. The zero-order chi connectivity index (χ0) is 13.4. The molecule has 1 saturated heterocycles. The Hall–Kier alpha value is -1.72. The fourth-order valence-electron chi connectivity index (χ4n) is 2.38. The van der Waals surface area contributed by atoms with Crippen molar-refractivity contribution in [3.63, 3.8) is 0 Å². The van der Waals surface area contributed by atoms with Crippen LogP contribution in [0.25, 0.3) is 10.9 Å². The van der Waals surface area contributed by atoms with Gasteiger partial charge in [-0.05, 0) is 25.6 Å². The van der Waals surface area contributed by atoms with E-state index in [2.05, 4.69) is 27.2 Å². The molecule has 1 aromatic carbocycles. The van der Waals surface area contributed by atoms with Crippen LogP contribution in [0.5, 0.6) is 0 Å². The first-order chi connectivity index (χ1) is 9.15. The molecule has 2 N–H and O–H groups in total. The Balaban J connectivity index is 1.96. The molecule has 19 heavy (non-hydrogen) atoms. The second-order valence-electron chi connectivity index (χ2n) is 5.21. The smallest absolute Gasteiger partial charge is 0.258 e. The van der Waals surface area contributed by atoms with Crippen molar-refractivity contribution in [1.29, 1.82) is 0 Å². The van der Waals surface area contributed by atoms with E-state index in [0.29, 0.717) is 18.0 Å². The molecule has 2 aromatic rings. The highest BCUT2D eigenvalue weighted by molar-refractivity contribution is 5.80. The van der Waals surface area contributed by atoms with Crippen LogP contribution in [0.4, 0.5) is 0 Å². The Morgan fingerprint density at radius 2 is 2.21 bits per heavy atom. The minimum atomic E-state index is -0.0520. The molecule has 1 aliphatic rings. The minimum Gasteiger partial charge on any atom is -0.314 e. The van der Waals surface area contributed by atoms with Gasteiger partial charge < -0.3 is 10.3 Å². The molecule has 1 fully saturated rings. The first-order valence-corrected chi connectivity index (χ1v) is 6.54. The minimum absolute atomic E-state index is 0.0520. The van der Waals surface area contributed by atoms with Crippen molar-refractivity contribution in [2.45, 2.75) is 19.5 Å². The zero-order valence-electron chi connectivity index (χ0n) is 11.2. The van der Waals surface area contributed by atoms with E-state index in [4.69, 9.17) is 0 Å². The van der Waals surface area contributed by atoms with E-state index in [0.717, 1.165) is 30.0 Å². The summed E-state index contributed by atoms with van der Waals surface area (Å²) in [6, 6.07) is 6.23. The number of aryl methyl sites for hydroxylation is 1. The summed E-state index contributed by atoms with van der Waals surface area (Å²) in [6.45, 7) is 4.67. The summed E-state index contributed by atoms with van der Waals surface area (Å²) >= 11 is 0. The number of hydrogen-bond donors (Lipinski definition) is 2. The average Bonchev–Trinajstić information content (AvgIpc) is 2.28. The van der Waals surface area contributed by atoms with E-state index < -0.39 is 0 Å². The second kappa shape index (κ2) is 4.75. The molecule has 0 aliphatic carbocycles. The summed E-state index contributed by atoms with van der Waals surface area (Å²) in [5.74, 6) is 0.737. The van der Waals surface area contributed by atoms with E-state index in [9.17, 15) is 4.79 Å². The molecule has 5 nitrogen and oxygen atoms in total. The van der Waals surface area contributed by atoms with Gasteiger partial charge in [-0.25, -0.2) is 4.98 Å². The number of likely N-dealkylation sites (N-methyl/N-ethyl adjacent to an activating group) is 1. The average molecular weight is 258 g/mol. The molecular formula is C14H18N4O. The van der Waals surface area contributed by atoms with E-state index in [1.54, 1.807) is 0 Å². The molecule has 0 radical (unpaired) electrons. The van der Waals surface area contributed by atoms with Crippen molar-refractivity contribution in [2.24, 2.45) is 0 Å². The highest BCUT2D eigenvalue weighted by Crippen LogP contribution is 2.13. The van der Waals surface area contributed by atoms with Crippen molar-refractivity contribution >= 4 is 10.9 Å². The third kappa shape index (κ3) is 2.27. The van der Waals surface area contributed by atoms with Crippen LogP contribution in [0.2, 0.25) is 0 Å². The molecule has 0 unspecified atom stereocenters. The first-order valence-electron chi connectivity index (χ1n) is 6.54. The Morgan fingerprint density at radius 3 is 2.89 bits per heavy atom. The van der Waals surface area contributed by atoms with Crippen LogP contribution in [-0.2, 0) is 6.54 Å². The van der Waals surface area contributed by atoms with Crippen molar-refractivity contribution < 1.29 is 0 Å². The Bertz CT molecular complexity index is 660. The lowest BCUT2D eigenvalue weighted by Crippen LogP contribution is -2.55. The molecule has 0 spiro atoms. The van der Waals surface area contributed by atoms with Crippen molar-refractivity contribution in [1.82, 2.24) is 20.2 Å². The predicted molar refractivity (Wildman–Crippen MR) is 75.2 cm³/mol. The van der Waals surface area contributed by atoms with Gasteiger partial charge in [0.05, 0.1) is 17.4 Å². The topological polar surface area (TPSA) is 61.0 Å². The normalized spacial score (nSPS) is 15.9. The number of benzene rings is 1. The number of para-hydroxylation sites is 1. The Kier molecular flexibility index (Phi) is 3.08. The van der Waals surface area contributed by atoms with Crippen LogP contribution in [0, 0.1) is 6.92 Å². The standard InChI is InChI=1S/C14H18N4O/c1-9-4-3-5-11-13(9)16-12(17-14(11)19)8-18(2)10-6-15-7-10/h3-5,10,15H,6-8H2,1-2H3,(H,16,17,19). The zero-order valence-corrected chi connectivity index (χ0v) is 11.2. The van der Waals surface area contributed by atoms with Gasteiger partial charge in [0.1, 0.15) is 5.82 Å². The lowest BCUT2D eigenvalue weighted by molar-refractivity contribution is 0.169. The summed E-state index contributed by atoms with van der Waals surface area (Å²) < 4.78 is 0. The fourth-order valence-corrected chi connectivity index (χ4v) is 2.38. The number of aromatic nitrogens is 2. The van der Waals surface area contributed by atoms with Crippen LogP contribution >= 0.6 is 0 Å². The van der Waals surface area contributed by atoms with Crippen LogP contribution < -0.4 is 10.9 Å². The number of H-pyrrole nitrogens is 1. The maximum absolute atomic E-state index is 12.1. The van der Waals surface area contributed by atoms with Gasteiger partial charge in [0.15, 0.2) is 0 Å². The van der Waals surface area contributed by atoms with Crippen molar-refractivity contribution in [2.75, 3.05) is 20.1 Å². The third-order valence-corrected chi connectivity index (χ3v) is 3.77. The first kappa shape index (κ1) is 12.3. The summed E-state index contributed by atoms with van der Waals surface area (Å²) in [4.78, 5) is 21.8. The number of fused-ring (bicyclic) bond motifs is 1. The second-order valence-corrected chi connectivity index (χ2v) is 5.21. The highest BCUT2D eigenvalue weighted by Gasteiger charge is 2.22. The van der Waals surface area contributed by atoms with E-state index >= 15 is 0 Å². The lowest BCUT2D eigenvalue weighted by atomic mass is 10.1. The monoisotopic (exact) mass is 258 g/mol. The summed E-state index contributed by atoms with van der Waals surface area (Å²) in [7, 11) is 2.06. The van der Waals surface area contributed by atoms with Gasteiger partial charge in [-0.1, -0.05) is 12.1 Å². The molecule has 1 aliphatic heterocycles. The van der Waals surface area contributed by atoms with Gasteiger partial charge in [0.25, 0.3) is 5.56 Å². The quantitative estimate of drug-likeness (QED) is 0.848. The SMILES string of the molecule is Cc1cccc2c(=O)[nH]c(CN(C)C3CNC3)nc12. The number of hydrogen-bond acceptors (Lipinski definition) is 4. The molecule has 100 valence electrons. The number of rotatable bonds is 3. The van der Waals surface area contributed by atoms with Crippen LogP contribution in [0.3, 0.4) is 0 Å². The maximum atomic E-state index is 12.1. The van der Waals surface area contributed by atoms with Crippen LogP contribution in [0.1, 0.15) is 11.4 Å². The molecule has 1 aromatic heterocycles. The van der Waals surface area contributed by atoms with Gasteiger partial charge in [0.2, 0.25) is 0 Å². The molecule has 5 heteroatoms. The van der Waals surface area contributed by atoms with E-state index in [1.165, 1.54) is 0 Å². The molecule has 2 heterocycles. The van der Waals surface area contributed by atoms with E-state index in [-0.39, 0.29) is 5.56 Å². The van der Waals surface area contributed by atoms with Crippen LogP contribution in [0.15, 0.2) is 23.0 Å². The van der Waals surface area contributed by atoms with Gasteiger partial charge >= 0.3 is 0 Å². The molecule has 0 saturated carbocycles. The Morgan fingerprint density at radius 1 is 1.42 bits per heavy atom. The highest BCUT2D eigenvalue weighted by atomic mass is 16.1. The number of nitrogens with zero attached hydrogens (tertiary/aromatic N) is 2. The summed E-state index contributed by atoms with van der Waals surface area (Å²) in [5.41, 5.74) is 1.79. The third-order valence-electron chi connectivity index (χ3n) is 3.77. The van der Waals surface area contributed by atoms with Crippen molar-refractivity contribution in [3.8, 4) is 0 Å². The predicted octanol–water partition coefficient (Wildman–Crippen LogP) is 0.635. The number of nitrogens with one attached hydrogen (secondary N) is 2.